The Balaban J connectivity index is 1.60. The van der Waals surface area contributed by atoms with Crippen LogP contribution in [0, 0.1) is 0 Å². The van der Waals surface area contributed by atoms with Crippen molar-refractivity contribution in [2.45, 2.75) is 57.1 Å². The van der Waals surface area contributed by atoms with Gasteiger partial charge in [-0.05, 0) is 44.6 Å². The molecule has 0 aliphatic heterocycles. The number of carbonyl (C=O) groups excluding carboxylic acids is 1. The summed E-state index contributed by atoms with van der Waals surface area (Å²) >= 11 is 0. The number of aryl methyl sites for hydroxylation is 1. The van der Waals surface area contributed by atoms with Gasteiger partial charge < -0.3 is 5.11 Å². The van der Waals surface area contributed by atoms with Gasteiger partial charge in [-0.15, -0.1) is 5.10 Å². The molecule has 122 valence electrons. The molecular weight excluding hydrogens is 290 g/mol. The Morgan fingerprint density at radius 1 is 1.35 bits per heavy atom. The molecule has 0 amide bonds. The summed E-state index contributed by atoms with van der Waals surface area (Å²) in [6, 6.07) is 10.0. The Morgan fingerprint density at radius 3 is 2.74 bits per heavy atom. The maximum atomic E-state index is 12.7. The summed E-state index contributed by atoms with van der Waals surface area (Å²) in [5.41, 5.74) is 1.69. The van der Waals surface area contributed by atoms with Crippen molar-refractivity contribution in [3.05, 3.63) is 47.8 Å². The van der Waals surface area contributed by atoms with Crippen LogP contribution >= 0.6 is 0 Å². The minimum Gasteiger partial charge on any atom is -0.393 e. The molecular formula is C18H23N3O2. The Bertz CT molecular complexity index is 660. The molecule has 1 atom stereocenters. The van der Waals surface area contributed by atoms with Crippen LogP contribution in [-0.4, -0.2) is 32.0 Å². The number of ketones is 1. The number of benzene rings is 1. The highest BCUT2D eigenvalue weighted by atomic mass is 16.3. The molecule has 5 heteroatoms. The highest BCUT2D eigenvalue weighted by Crippen LogP contribution is 2.49. The zero-order valence-electron chi connectivity index (χ0n) is 13.5. The Hall–Kier alpha value is -2.01. The normalized spacial score (nSPS) is 17.0. The number of hydrogen-bond acceptors (Lipinski definition) is 4. The molecule has 1 fully saturated rings. The average molecular weight is 313 g/mol. The number of rotatable bonds is 8. The molecule has 1 aromatic carbocycles. The van der Waals surface area contributed by atoms with Gasteiger partial charge in [0.2, 0.25) is 0 Å². The van der Waals surface area contributed by atoms with Crippen LogP contribution in [0.15, 0.2) is 36.5 Å². The van der Waals surface area contributed by atoms with Crippen molar-refractivity contribution < 1.29 is 9.90 Å². The van der Waals surface area contributed by atoms with Gasteiger partial charge in [0.05, 0.1) is 17.2 Å². The molecule has 0 radical (unpaired) electrons. The van der Waals surface area contributed by atoms with Crippen LogP contribution in [0.2, 0.25) is 0 Å². The monoisotopic (exact) mass is 313 g/mol. The number of Topliss-reactive ketones (excluding diaryl/α,β-unsaturated/α-hetero) is 1. The lowest BCUT2D eigenvalue weighted by molar-refractivity contribution is -0.122. The third-order valence-electron chi connectivity index (χ3n) is 4.56. The highest BCUT2D eigenvalue weighted by Gasteiger charge is 2.50. The summed E-state index contributed by atoms with van der Waals surface area (Å²) in [6.45, 7) is 2.06. The van der Waals surface area contributed by atoms with Gasteiger partial charge in [0, 0.05) is 6.20 Å². The van der Waals surface area contributed by atoms with E-state index in [0.29, 0.717) is 0 Å². The first-order chi connectivity index (χ1) is 11.1. The Labute approximate surface area is 136 Å². The zero-order valence-corrected chi connectivity index (χ0v) is 13.5. The maximum absolute atomic E-state index is 12.7. The predicted octanol–water partition coefficient (Wildman–Crippen LogP) is 2.28. The van der Waals surface area contributed by atoms with Crippen LogP contribution < -0.4 is 0 Å². The first-order valence-electron chi connectivity index (χ1n) is 8.26. The van der Waals surface area contributed by atoms with Crippen molar-refractivity contribution in [3.8, 4) is 0 Å². The van der Waals surface area contributed by atoms with Gasteiger partial charge in [-0.1, -0.05) is 35.5 Å². The van der Waals surface area contributed by atoms with E-state index >= 15 is 0 Å². The molecule has 0 bridgehead atoms. The van der Waals surface area contributed by atoms with Gasteiger partial charge in [0.15, 0.2) is 5.78 Å². The van der Waals surface area contributed by atoms with Gasteiger partial charge in [0.1, 0.15) is 6.54 Å². The number of aliphatic hydroxyl groups excluding tert-OH is 1. The molecule has 0 saturated heterocycles. The SMILES string of the molecule is CC(O)CCCc1cn(CC(=O)C2(c3ccccc3)CC2)nn1. The van der Waals surface area contributed by atoms with Crippen molar-refractivity contribution in [1.82, 2.24) is 15.0 Å². The molecule has 1 heterocycles. The molecule has 1 N–H and O–H groups in total. The molecule has 1 aliphatic carbocycles. The molecule has 5 nitrogen and oxygen atoms in total. The second-order valence-electron chi connectivity index (χ2n) is 6.52. The lowest BCUT2D eigenvalue weighted by atomic mass is 9.91. The molecule has 23 heavy (non-hydrogen) atoms. The fourth-order valence-corrected chi connectivity index (χ4v) is 3.02. The van der Waals surface area contributed by atoms with E-state index in [-0.39, 0.29) is 23.8 Å². The van der Waals surface area contributed by atoms with E-state index in [1.165, 1.54) is 0 Å². The van der Waals surface area contributed by atoms with Gasteiger partial charge in [-0.25, -0.2) is 4.68 Å². The number of nitrogens with zero attached hydrogens (tertiary/aromatic N) is 3. The molecule has 2 aromatic rings. The first-order valence-corrected chi connectivity index (χ1v) is 8.26. The quantitative estimate of drug-likeness (QED) is 0.812. The molecule has 1 aromatic heterocycles. The van der Waals surface area contributed by atoms with Crippen LogP contribution in [0.3, 0.4) is 0 Å². The van der Waals surface area contributed by atoms with Gasteiger partial charge >= 0.3 is 0 Å². The summed E-state index contributed by atoms with van der Waals surface area (Å²) in [4.78, 5) is 12.7. The Kier molecular flexibility index (Phi) is 4.57. The molecule has 1 aliphatic rings. The van der Waals surface area contributed by atoms with E-state index in [9.17, 15) is 9.90 Å². The van der Waals surface area contributed by atoms with Crippen LogP contribution in [0.1, 0.15) is 43.9 Å². The average Bonchev–Trinajstić information content (AvgIpc) is 3.24. The van der Waals surface area contributed by atoms with Crippen LogP contribution in [-0.2, 0) is 23.2 Å². The molecule has 1 unspecified atom stereocenters. The highest BCUT2D eigenvalue weighted by molar-refractivity contribution is 5.92. The largest absolute Gasteiger partial charge is 0.393 e. The predicted molar refractivity (Wildman–Crippen MR) is 87.0 cm³/mol. The van der Waals surface area contributed by atoms with E-state index in [1.54, 1.807) is 11.6 Å². The fourth-order valence-electron chi connectivity index (χ4n) is 3.02. The van der Waals surface area contributed by atoms with E-state index in [2.05, 4.69) is 10.3 Å². The third-order valence-corrected chi connectivity index (χ3v) is 4.56. The molecule has 3 rings (SSSR count). The summed E-state index contributed by atoms with van der Waals surface area (Å²) < 4.78 is 1.64. The third kappa shape index (κ3) is 3.67. The minimum atomic E-state index is -0.306. The topological polar surface area (TPSA) is 68.0 Å². The first kappa shape index (κ1) is 15.9. The van der Waals surface area contributed by atoms with Crippen molar-refractivity contribution >= 4 is 5.78 Å². The standard InChI is InChI=1S/C18H23N3O2/c1-14(22)6-5-9-16-12-21(20-19-16)13-17(23)18(10-11-18)15-7-3-2-4-8-15/h2-4,7-8,12,14,22H,5-6,9-11,13H2,1H3. The van der Waals surface area contributed by atoms with Crippen LogP contribution in [0.25, 0.3) is 0 Å². The van der Waals surface area contributed by atoms with Gasteiger partial charge in [0.25, 0.3) is 0 Å². The molecule has 1 saturated carbocycles. The van der Waals surface area contributed by atoms with E-state index < -0.39 is 0 Å². The zero-order chi connectivity index (χ0) is 16.3. The van der Waals surface area contributed by atoms with E-state index in [4.69, 9.17) is 0 Å². The van der Waals surface area contributed by atoms with Crippen molar-refractivity contribution in [3.63, 3.8) is 0 Å². The second kappa shape index (κ2) is 6.62. The van der Waals surface area contributed by atoms with Crippen LogP contribution in [0.4, 0.5) is 0 Å². The second-order valence-corrected chi connectivity index (χ2v) is 6.52. The summed E-state index contributed by atoms with van der Waals surface area (Å²) in [5, 5.41) is 17.5. The number of aliphatic hydroxyl groups is 1. The van der Waals surface area contributed by atoms with E-state index in [0.717, 1.165) is 43.4 Å². The van der Waals surface area contributed by atoms with Gasteiger partial charge in [-0.3, -0.25) is 4.79 Å². The van der Waals surface area contributed by atoms with Gasteiger partial charge in [-0.2, -0.15) is 0 Å². The van der Waals surface area contributed by atoms with Crippen LogP contribution in [0.5, 0.6) is 0 Å². The van der Waals surface area contributed by atoms with Crippen molar-refractivity contribution in [1.29, 1.82) is 0 Å². The van der Waals surface area contributed by atoms with Crippen molar-refractivity contribution in [2.24, 2.45) is 0 Å². The Morgan fingerprint density at radius 2 is 2.09 bits per heavy atom. The smallest absolute Gasteiger partial charge is 0.164 e. The summed E-state index contributed by atoms with van der Waals surface area (Å²) in [5.74, 6) is 0.212. The summed E-state index contributed by atoms with van der Waals surface area (Å²) in [7, 11) is 0. The van der Waals surface area contributed by atoms with E-state index in [1.807, 2.05) is 36.5 Å². The summed E-state index contributed by atoms with van der Waals surface area (Å²) in [6.07, 6.45) is 5.81. The number of hydrogen-bond donors (Lipinski definition) is 1. The van der Waals surface area contributed by atoms with Crippen molar-refractivity contribution in [2.75, 3.05) is 0 Å². The maximum Gasteiger partial charge on any atom is 0.164 e. The number of aromatic nitrogens is 3. The molecule has 0 spiro atoms. The number of carbonyl (C=O) groups is 1. The fraction of sp³-hybridized carbons (Fsp3) is 0.500. The lowest BCUT2D eigenvalue weighted by Crippen LogP contribution is -2.25. The minimum absolute atomic E-state index is 0.212. The lowest BCUT2D eigenvalue weighted by Gasteiger charge is -2.14.